The van der Waals surface area contributed by atoms with Crippen LogP contribution >= 0.6 is 11.8 Å². The molecule has 25 heavy (non-hydrogen) atoms. The molecular formula is C20H21N3OS. The highest BCUT2D eigenvalue weighted by atomic mass is 32.2. The number of benzene rings is 2. The van der Waals surface area contributed by atoms with Crippen molar-refractivity contribution in [1.29, 1.82) is 0 Å². The van der Waals surface area contributed by atoms with Crippen LogP contribution < -0.4 is 4.74 Å². The van der Waals surface area contributed by atoms with Crippen LogP contribution in [0, 0.1) is 0 Å². The summed E-state index contributed by atoms with van der Waals surface area (Å²) in [5.74, 6) is 1.58. The number of methoxy groups -OCH3 is 1. The van der Waals surface area contributed by atoms with Gasteiger partial charge in [0.25, 0.3) is 0 Å². The van der Waals surface area contributed by atoms with Crippen LogP contribution in [0.15, 0.2) is 72.4 Å². The van der Waals surface area contributed by atoms with E-state index in [0.29, 0.717) is 6.54 Å². The minimum atomic E-state index is 0.277. The van der Waals surface area contributed by atoms with Crippen molar-refractivity contribution >= 4 is 11.8 Å². The van der Waals surface area contributed by atoms with Crippen molar-refractivity contribution in [2.24, 2.45) is 0 Å². The first-order chi connectivity index (χ1) is 12.2. The third-order valence-corrected chi connectivity index (χ3v) is 5.07. The van der Waals surface area contributed by atoms with Crippen LogP contribution in [0.3, 0.4) is 0 Å². The first-order valence-electron chi connectivity index (χ1n) is 8.13. The van der Waals surface area contributed by atoms with E-state index in [9.17, 15) is 0 Å². The summed E-state index contributed by atoms with van der Waals surface area (Å²) in [4.78, 5) is 0. The molecule has 0 spiro atoms. The SMILES string of the molecule is C=CCn1c(SC(C)c2ccccc2)nnc1-c1ccccc1OC. The first kappa shape index (κ1) is 17.3. The molecule has 3 aromatic rings. The standard InChI is InChI=1S/C20H21N3OS/c1-4-14-23-19(17-12-8-9-13-18(17)24-3)21-22-20(23)25-15(2)16-10-6-5-7-11-16/h4-13,15H,1,14H2,2-3H3. The number of hydrogen-bond donors (Lipinski definition) is 0. The number of aromatic nitrogens is 3. The molecule has 0 fully saturated rings. The monoisotopic (exact) mass is 351 g/mol. The summed E-state index contributed by atoms with van der Waals surface area (Å²) in [5, 5.41) is 10.00. The third kappa shape index (κ3) is 3.77. The summed E-state index contributed by atoms with van der Waals surface area (Å²) in [5.41, 5.74) is 2.19. The van der Waals surface area contributed by atoms with E-state index in [1.807, 2.05) is 36.4 Å². The lowest BCUT2D eigenvalue weighted by molar-refractivity contribution is 0.416. The molecule has 128 valence electrons. The van der Waals surface area contributed by atoms with E-state index >= 15 is 0 Å². The van der Waals surface area contributed by atoms with Gasteiger partial charge in [0.2, 0.25) is 0 Å². The Hall–Kier alpha value is -2.53. The Morgan fingerprint density at radius 2 is 1.84 bits per heavy atom. The van der Waals surface area contributed by atoms with Crippen molar-refractivity contribution in [3.63, 3.8) is 0 Å². The summed E-state index contributed by atoms with van der Waals surface area (Å²) in [6.07, 6.45) is 1.86. The van der Waals surface area contributed by atoms with Crippen LogP contribution in [0.1, 0.15) is 17.7 Å². The minimum Gasteiger partial charge on any atom is -0.496 e. The van der Waals surface area contributed by atoms with Crippen LogP contribution in [-0.4, -0.2) is 21.9 Å². The molecule has 0 N–H and O–H groups in total. The molecular weight excluding hydrogens is 330 g/mol. The number of nitrogens with zero attached hydrogens (tertiary/aromatic N) is 3. The molecule has 0 aliphatic carbocycles. The molecule has 2 aromatic carbocycles. The highest BCUT2D eigenvalue weighted by molar-refractivity contribution is 7.99. The maximum absolute atomic E-state index is 5.48. The van der Waals surface area contributed by atoms with Crippen LogP contribution in [-0.2, 0) is 6.54 Å². The largest absolute Gasteiger partial charge is 0.496 e. The van der Waals surface area contributed by atoms with Crippen molar-refractivity contribution < 1.29 is 4.74 Å². The lowest BCUT2D eigenvalue weighted by atomic mass is 10.2. The second-order valence-corrected chi connectivity index (χ2v) is 6.88. The number of para-hydroxylation sites is 1. The lowest BCUT2D eigenvalue weighted by Crippen LogP contribution is -2.02. The Bertz CT molecular complexity index is 845. The fraction of sp³-hybridized carbons (Fsp3) is 0.200. The van der Waals surface area contributed by atoms with E-state index in [1.165, 1.54) is 5.56 Å². The summed E-state index contributed by atoms with van der Waals surface area (Å²) in [6, 6.07) is 18.3. The maximum Gasteiger partial charge on any atom is 0.192 e. The van der Waals surface area contributed by atoms with Gasteiger partial charge in [-0.2, -0.15) is 0 Å². The van der Waals surface area contributed by atoms with E-state index in [0.717, 1.165) is 22.3 Å². The summed E-state index contributed by atoms with van der Waals surface area (Å²) in [7, 11) is 1.67. The quantitative estimate of drug-likeness (QED) is 0.444. The molecule has 0 aliphatic heterocycles. The van der Waals surface area contributed by atoms with Gasteiger partial charge in [-0.05, 0) is 24.6 Å². The van der Waals surface area contributed by atoms with Gasteiger partial charge in [-0.25, -0.2) is 0 Å². The van der Waals surface area contributed by atoms with E-state index in [4.69, 9.17) is 4.74 Å². The van der Waals surface area contributed by atoms with Crippen molar-refractivity contribution in [3.8, 4) is 17.1 Å². The maximum atomic E-state index is 5.48. The van der Waals surface area contributed by atoms with E-state index in [1.54, 1.807) is 18.9 Å². The van der Waals surface area contributed by atoms with Crippen LogP contribution in [0.2, 0.25) is 0 Å². The number of hydrogen-bond acceptors (Lipinski definition) is 4. The topological polar surface area (TPSA) is 39.9 Å². The zero-order chi connectivity index (χ0) is 17.6. The Balaban J connectivity index is 1.96. The predicted octanol–water partition coefficient (Wildman–Crippen LogP) is 4.99. The minimum absolute atomic E-state index is 0.277. The average molecular weight is 351 g/mol. The Kier molecular flexibility index (Phi) is 5.56. The van der Waals surface area contributed by atoms with E-state index in [2.05, 4.69) is 52.5 Å². The van der Waals surface area contributed by atoms with Crippen LogP contribution in [0.25, 0.3) is 11.4 Å². The normalized spacial score (nSPS) is 11.9. The fourth-order valence-corrected chi connectivity index (χ4v) is 3.63. The lowest BCUT2D eigenvalue weighted by Gasteiger charge is -2.13. The van der Waals surface area contributed by atoms with Crippen molar-refractivity contribution in [3.05, 3.63) is 72.8 Å². The van der Waals surface area contributed by atoms with Gasteiger partial charge in [0, 0.05) is 11.8 Å². The highest BCUT2D eigenvalue weighted by Gasteiger charge is 2.19. The van der Waals surface area contributed by atoms with Gasteiger partial charge in [-0.15, -0.1) is 16.8 Å². The van der Waals surface area contributed by atoms with Gasteiger partial charge in [-0.3, -0.25) is 4.57 Å². The molecule has 4 nitrogen and oxygen atoms in total. The van der Waals surface area contributed by atoms with Gasteiger partial charge in [0.15, 0.2) is 11.0 Å². The third-order valence-electron chi connectivity index (χ3n) is 3.93. The van der Waals surface area contributed by atoms with E-state index in [-0.39, 0.29) is 5.25 Å². The Morgan fingerprint density at radius 3 is 2.56 bits per heavy atom. The van der Waals surface area contributed by atoms with Gasteiger partial charge in [0.1, 0.15) is 5.75 Å². The smallest absolute Gasteiger partial charge is 0.192 e. The van der Waals surface area contributed by atoms with Crippen LogP contribution in [0.5, 0.6) is 5.75 Å². The molecule has 0 bridgehead atoms. The van der Waals surface area contributed by atoms with Gasteiger partial charge in [0.05, 0.1) is 12.7 Å². The number of allylic oxidation sites excluding steroid dienone is 1. The number of thioether (sulfide) groups is 1. The molecule has 1 heterocycles. The second-order valence-electron chi connectivity index (χ2n) is 5.58. The molecule has 5 heteroatoms. The molecule has 0 aliphatic rings. The van der Waals surface area contributed by atoms with Crippen molar-refractivity contribution in [2.75, 3.05) is 7.11 Å². The molecule has 0 radical (unpaired) electrons. The molecule has 0 amide bonds. The number of rotatable bonds is 7. The van der Waals surface area contributed by atoms with Gasteiger partial charge < -0.3 is 4.74 Å². The van der Waals surface area contributed by atoms with Crippen molar-refractivity contribution in [1.82, 2.24) is 14.8 Å². The summed E-state index contributed by atoms with van der Waals surface area (Å²) in [6.45, 7) is 6.69. The van der Waals surface area contributed by atoms with E-state index < -0.39 is 0 Å². The second kappa shape index (κ2) is 8.03. The zero-order valence-electron chi connectivity index (χ0n) is 14.4. The molecule has 3 rings (SSSR count). The molecule has 1 aromatic heterocycles. The van der Waals surface area contributed by atoms with Gasteiger partial charge in [-0.1, -0.05) is 60.3 Å². The van der Waals surface area contributed by atoms with Crippen LogP contribution in [0.4, 0.5) is 0 Å². The summed E-state index contributed by atoms with van der Waals surface area (Å²) < 4.78 is 7.56. The first-order valence-corrected chi connectivity index (χ1v) is 9.01. The average Bonchev–Trinajstić information content (AvgIpc) is 3.05. The Labute approximate surface area is 152 Å². The predicted molar refractivity (Wildman–Crippen MR) is 103 cm³/mol. The highest BCUT2D eigenvalue weighted by Crippen LogP contribution is 2.36. The number of ether oxygens (including phenoxy) is 1. The Morgan fingerprint density at radius 1 is 1.12 bits per heavy atom. The molecule has 0 saturated carbocycles. The molecule has 0 saturated heterocycles. The van der Waals surface area contributed by atoms with Crippen molar-refractivity contribution in [2.45, 2.75) is 23.9 Å². The zero-order valence-corrected chi connectivity index (χ0v) is 15.2. The fourth-order valence-electron chi connectivity index (χ4n) is 2.65. The van der Waals surface area contributed by atoms with Gasteiger partial charge >= 0.3 is 0 Å². The molecule has 1 atom stereocenters. The summed E-state index contributed by atoms with van der Waals surface area (Å²) >= 11 is 1.69. The molecule has 1 unspecified atom stereocenters.